The number of hydrazine groups is 1. The van der Waals surface area contributed by atoms with Gasteiger partial charge in [-0.1, -0.05) is 22.0 Å². The summed E-state index contributed by atoms with van der Waals surface area (Å²) in [6.07, 6.45) is -0.760. The molecule has 0 bridgehead atoms. The van der Waals surface area contributed by atoms with Gasteiger partial charge in [-0.25, -0.2) is 5.84 Å². The Balaban J connectivity index is 2.71. The highest BCUT2D eigenvalue weighted by atomic mass is 79.9. The van der Waals surface area contributed by atoms with Crippen molar-refractivity contribution in [2.75, 3.05) is 13.7 Å². The standard InChI is InChI=1S/C10H13BrN2O3/c1-15-6-9(10(14)13-12)16-8-4-2-3-7(11)5-8/h2-5,9H,6,12H2,1H3,(H,13,14). The molecule has 0 aliphatic rings. The number of hydrogen-bond acceptors (Lipinski definition) is 4. The fourth-order valence-electron chi connectivity index (χ4n) is 1.11. The zero-order chi connectivity index (χ0) is 12.0. The average molecular weight is 289 g/mol. The van der Waals surface area contributed by atoms with E-state index < -0.39 is 12.0 Å². The second-order valence-corrected chi connectivity index (χ2v) is 3.94. The minimum atomic E-state index is -0.760. The maximum Gasteiger partial charge on any atom is 0.277 e. The molecule has 3 N–H and O–H groups in total. The molecule has 1 atom stereocenters. The van der Waals surface area contributed by atoms with Crippen LogP contribution in [0.25, 0.3) is 0 Å². The van der Waals surface area contributed by atoms with Crippen LogP contribution in [0.3, 0.4) is 0 Å². The first-order chi connectivity index (χ1) is 7.67. The monoisotopic (exact) mass is 288 g/mol. The van der Waals surface area contributed by atoms with Gasteiger partial charge in [-0.2, -0.15) is 0 Å². The predicted octanol–water partition coefficient (Wildman–Crippen LogP) is 0.833. The number of nitrogens with two attached hydrogens (primary N) is 1. The summed E-state index contributed by atoms with van der Waals surface area (Å²) < 4.78 is 11.2. The van der Waals surface area contributed by atoms with Gasteiger partial charge in [0.05, 0.1) is 6.61 Å². The van der Waals surface area contributed by atoms with E-state index in [-0.39, 0.29) is 6.61 Å². The Morgan fingerprint density at radius 3 is 2.94 bits per heavy atom. The highest BCUT2D eigenvalue weighted by Crippen LogP contribution is 2.18. The number of methoxy groups -OCH3 is 1. The lowest BCUT2D eigenvalue weighted by atomic mass is 10.3. The summed E-state index contributed by atoms with van der Waals surface area (Å²) >= 11 is 3.31. The van der Waals surface area contributed by atoms with Crippen molar-refractivity contribution in [3.8, 4) is 5.75 Å². The van der Waals surface area contributed by atoms with Gasteiger partial charge >= 0.3 is 0 Å². The van der Waals surface area contributed by atoms with E-state index in [0.29, 0.717) is 5.75 Å². The van der Waals surface area contributed by atoms with Crippen molar-refractivity contribution in [2.24, 2.45) is 5.84 Å². The summed E-state index contributed by atoms with van der Waals surface area (Å²) in [6, 6.07) is 7.18. The Bertz CT molecular complexity index is 360. The molecule has 16 heavy (non-hydrogen) atoms. The second-order valence-electron chi connectivity index (χ2n) is 3.03. The lowest BCUT2D eigenvalue weighted by Crippen LogP contribution is -2.44. The maximum absolute atomic E-state index is 11.3. The number of rotatable bonds is 5. The van der Waals surface area contributed by atoms with Crippen LogP contribution in [0.1, 0.15) is 0 Å². The number of carbonyl (C=O) groups excluding carboxylic acids is 1. The first-order valence-electron chi connectivity index (χ1n) is 4.59. The quantitative estimate of drug-likeness (QED) is 0.478. The van der Waals surface area contributed by atoms with Crippen molar-refractivity contribution in [1.29, 1.82) is 0 Å². The van der Waals surface area contributed by atoms with Gasteiger partial charge in [0, 0.05) is 11.6 Å². The van der Waals surface area contributed by atoms with Crippen LogP contribution in [-0.4, -0.2) is 25.7 Å². The van der Waals surface area contributed by atoms with Crippen molar-refractivity contribution >= 4 is 21.8 Å². The summed E-state index contributed by atoms with van der Waals surface area (Å²) in [6.45, 7) is 0.134. The molecule has 6 heteroatoms. The Hall–Kier alpha value is -1.11. The zero-order valence-corrected chi connectivity index (χ0v) is 10.4. The molecule has 5 nitrogen and oxygen atoms in total. The highest BCUT2D eigenvalue weighted by molar-refractivity contribution is 9.10. The lowest BCUT2D eigenvalue weighted by Gasteiger charge is -2.16. The minimum absolute atomic E-state index is 0.134. The highest BCUT2D eigenvalue weighted by Gasteiger charge is 2.19. The molecule has 0 aromatic heterocycles. The molecule has 88 valence electrons. The fraction of sp³-hybridized carbons (Fsp3) is 0.300. The van der Waals surface area contributed by atoms with Gasteiger partial charge in [-0.15, -0.1) is 0 Å². The van der Waals surface area contributed by atoms with Gasteiger partial charge in [0.1, 0.15) is 5.75 Å². The number of ether oxygens (including phenoxy) is 2. The number of hydrogen-bond donors (Lipinski definition) is 2. The molecule has 1 aromatic rings. The predicted molar refractivity (Wildman–Crippen MR) is 62.8 cm³/mol. The normalized spacial score (nSPS) is 11.9. The van der Waals surface area contributed by atoms with Gasteiger partial charge in [0.15, 0.2) is 0 Å². The van der Waals surface area contributed by atoms with Gasteiger partial charge in [-0.3, -0.25) is 10.2 Å². The Labute approximate surface area is 102 Å². The summed E-state index contributed by atoms with van der Waals surface area (Å²) in [4.78, 5) is 11.3. The van der Waals surface area contributed by atoms with Gasteiger partial charge < -0.3 is 9.47 Å². The van der Waals surface area contributed by atoms with E-state index in [9.17, 15) is 4.79 Å². The van der Waals surface area contributed by atoms with Crippen molar-refractivity contribution in [3.63, 3.8) is 0 Å². The molecule has 0 aliphatic carbocycles. The number of amides is 1. The van der Waals surface area contributed by atoms with Crippen LogP contribution < -0.4 is 16.0 Å². The number of benzene rings is 1. The number of carbonyl (C=O) groups is 1. The third-order valence-corrected chi connectivity index (χ3v) is 2.32. The van der Waals surface area contributed by atoms with E-state index in [2.05, 4.69) is 15.9 Å². The maximum atomic E-state index is 11.3. The van der Waals surface area contributed by atoms with Crippen molar-refractivity contribution < 1.29 is 14.3 Å². The number of nitrogens with one attached hydrogen (secondary N) is 1. The molecular weight excluding hydrogens is 276 g/mol. The van der Waals surface area contributed by atoms with Crippen LogP contribution in [0.4, 0.5) is 0 Å². The van der Waals surface area contributed by atoms with Gasteiger partial charge in [0.25, 0.3) is 5.91 Å². The largest absolute Gasteiger partial charge is 0.478 e. The van der Waals surface area contributed by atoms with Crippen LogP contribution in [-0.2, 0) is 9.53 Å². The SMILES string of the molecule is COCC(Oc1cccc(Br)c1)C(=O)NN. The zero-order valence-electron chi connectivity index (χ0n) is 8.77. The first-order valence-corrected chi connectivity index (χ1v) is 5.38. The molecule has 0 saturated heterocycles. The summed E-state index contributed by atoms with van der Waals surface area (Å²) in [5.74, 6) is 5.18. The van der Waals surface area contributed by atoms with Gasteiger partial charge in [0.2, 0.25) is 6.10 Å². The smallest absolute Gasteiger partial charge is 0.277 e. The fourth-order valence-corrected chi connectivity index (χ4v) is 1.49. The van der Waals surface area contributed by atoms with Gasteiger partial charge in [-0.05, 0) is 18.2 Å². The van der Waals surface area contributed by atoms with Crippen LogP contribution in [0.2, 0.25) is 0 Å². The first kappa shape index (κ1) is 13.0. The van der Waals surface area contributed by atoms with Crippen LogP contribution in [0.15, 0.2) is 28.7 Å². The molecule has 0 radical (unpaired) electrons. The van der Waals surface area contributed by atoms with E-state index in [0.717, 1.165) is 4.47 Å². The molecule has 0 saturated carbocycles. The van der Waals surface area contributed by atoms with E-state index in [1.54, 1.807) is 12.1 Å². The topological polar surface area (TPSA) is 73.6 Å². The Morgan fingerprint density at radius 1 is 1.62 bits per heavy atom. The minimum Gasteiger partial charge on any atom is -0.478 e. The molecule has 0 aliphatic heterocycles. The summed E-state index contributed by atoms with van der Waals surface area (Å²) in [5.41, 5.74) is 2.03. The van der Waals surface area contributed by atoms with Crippen molar-refractivity contribution in [1.82, 2.24) is 5.43 Å². The van der Waals surface area contributed by atoms with E-state index in [1.165, 1.54) is 7.11 Å². The van der Waals surface area contributed by atoms with E-state index >= 15 is 0 Å². The molecular formula is C10H13BrN2O3. The van der Waals surface area contributed by atoms with E-state index in [1.807, 2.05) is 17.6 Å². The van der Waals surface area contributed by atoms with Crippen molar-refractivity contribution in [2.45, 2.75) is 6.10 Å². The Morgan fingerprint density at radius 2 is 2.38 bits per heavy atom. The molecule has 0 fully saturated rings. The molecule has 1 amide bonds. The van der Waals surface area contributed by atoms with E-state index in [4.69, 9.17) is 15.3 Å². The average Bonchev–Trinajstić information content (AvgIpc) is 2.27. The third-order valence-electron chi connectivity index (χ3n) is 1.83. The second kappa shape index (κ2) is 6.47. The molecule has 0 heterocycles. The summed E-state index contributed by atoms with van der Waals surface area (Å²) in [5, 5.41) is 0. The summed E-state index contributed by atoms with van der Waals surface area (Å²) in [7, 11) is 1.49. The van der Waals surface area contributed by atoms with Crippen LogP contribution >= 0.6 is 15.9 Å². The van der Waals surface area contributed by atoms with Crippen molar-refractivity contribution in [3.05, 3.63) is 28.7 Å². The molecule has 1 unspecified atom stereocenters. The van der Waals surface area contributed by atoms with Crippen LogP contribution in [0, 0.1) is 0 Å². The lowest BCUT2D eigenvalue weighted by molar-refractivity contribution is -0.130. The third kappa shape index (κ3) is 3.80. The van der Waals surface area contributed by atoms with Crippen LogP contribution in [0.5, 0.6) is 5.75 Å². The Kier molecular flexibility index (Phi) is 5.24. The molecule has 0 spiro atoms. The molecule has 1 rings (SSSR count). The number of halogens is 1. The molecule has 1 aromatic carbocycles.